The predicted molar refractivity (Wildman–Crippen MR) is 148 cm³/mol. The van der Waals surface area contributed by atoms with E-state index < -0.39 is 26.8 Å². The number of hydrogen-bond donors (Lipinski definition) is 3. The fraction of sp³-hybridized carbons (Fsp3) is 0.583. The van der Waals surface area contributed by atoms with Gasteiger partial charge in [-0.2, -0.15) is 0 Å². The Labute approximate surface area is 230 Å². The first-order chi connectivity index (χ1) is 16.7. The number of likely N-dealkylation sites (tertiary alicyclic amines) is 1. The summed E-state index contributed by atoms with van der Waals surface area (Å²) in [6.45, 7) is 11.2. The van der Waals surface area contributed by atoms with Crippen molar-refractivity contribution < 1.29 is 23.8 Å². The number of carboxylic acid groups (broad SMARTS) is 1. The van der Waals surface area contributed by atoms with Crippen LogP contribution in [0.1, 0.15) is 45.6 Å². The Morgan fingerprint density at radius 3 is 2.64 bits per heavy atom. The summed E-state index contributed by atoms with van der Waals surface area (Å²) in [5.41, 5.74) is 0.810. The van der Waals surface area contributed by atoms with Crippen LogP contribution in [0.5, 0.6) is 0 Å². The molecule has 12 heteroatoms. The number of fused-ring (bicyclic) bond motifs is 1. The standard InChI is InChI=1S/C24H33BrCl2FN3O4Si/c1-24(2,3)36(4,5)35-9-7-14-10-13(6-8-31(14)23(33)34)29-20-15-11-17(26)18(25)19(28)21(15)30-22(27)16(20)12-32/h11,13-14,32H,6-10,12H2,1-5H3,(H,29,30)(H,33,34)/t13-,14+/m0/s1. The van der Waals surface area contributed by atoms with Gasteiger partial charge < -0.3 is 24.9 Å². The van der Waals surface area contributed by atoms with Crippen molar-refractivity contribution in [3.63, 3.8) is 0 Å². The number of carbonyl (C=O) groups is 1. The second-order valence-corrected chi connectivity index (χ2v) is 17.1. The highest BCUT2D eigenvalue weighted by molar-refractivity contribution is 9.10. The van der Waals surface area contributed by atoms with Gasteiger partial charge in [0, 0.05) is 36.2 Å². The van der Waals surface area contributed by atoms with Crippen LogP contribution < -0.4 is 5.32 Å². The Bertz CT molecular complexity index is 1150. The molecule has 7 nitrogen and oxygen atoms in total. The van der Waals surface area contributed by atoms with Crippen molar-refractivity contribution in [2.45, 2.75) is 76.9 Å². The topological polar surface area (TPSA) is 94.9 Å². The van der Waals surface area contributed by atoms with Crippen LogP contribution in [0, 0.1) is 5.82 Å². The number of benzene rings is 1. The van der Waals surface area contributed by atoms with Gasteiger partial charge >= 0.3 is 6.09 Å². The van der Waals surface area contributed by atoms with Gasteiger partial charge in [0.2, 0.25) is 0 Å². The van der Waals surface area contributed by atoms with Crippen molar-refractivity contribution >= 4 is 70.1 Å². The number of aliphatic hydroxyl groups excluding tert-OH is 1. The maximum atomic E-state index is 14.9. The summed E-state index contributed by atoms with van der Waals surface area (Å²) in [6, 6.07) is 1.18. The molecule has 1 saturated heterocycles. The van der Waals surface area contributed by atoms with E-state index in [1.165, 1.54) is 4.90 Å². The zero-order valence-electron chi connectivity index (χ0n) is 21.1. The monoisotopic (exact) mass is 623 g/mol. The Kier molecular flexibility index (Phi) is 9.21. The van der Waals surface area contributed by atoms with Crippen LogP contribution in [-0.4, -0.2) is 59.7 Å². The van der Waals surface area contributed by atoms with Gasteiger partial charge in [-0.25, -0.2) is 14.2 Å². The van der Waals surface area contributed by atoms with E-state index in [0.29, 0.717) is 49.1 Å². The number of hydrogen-bond acceptors (Lipinski definition) is 5. The minimum absolute atomic E-state index is 0.0112. The molecule has 1 aromatic heterocycles. The largest absolute Gasteiger partial charge is 0.465 e. The van der Waals surface area contributed by atoms with E-state index >= 15 is 0 Å². The zero-order valence-corrected chi connectivity index (χ0v) is 25.2. The lowest BCUT2D eigenvalue weighted by Gasteiger charge is -2.40. The molecule has 1 aliphatic rings. The van der Waals surface area contributed by atoms with E-state index in [1.807, 2.05) is 0 Å². The normalized spacial score (nSPS) is 19.1. The van der Waals surface area contributed by atoms with E-state index in [4.69, 9.17) is 27.6 Å². The molecule has 0 bridgehead atoms. The summed E-state index contributed by atoms with van der Waals surface area (Å²) in [6.07, 6.45) is 0.657. The van der Waals surface area contributed by atoms with E-state index in [2.05, 4.69) is 60.1 Å². The summed E-state index contributed by atoms with van der Waals surface area (Å²) < 4.78 is 21.3. The second kappa shape index (κ2) is 11.3. The van der Waals surface area contributed by atoms with Crippen molar-refractivity contribution in [1.29, 1.82) is 0 Å². The predicted octanol–water partition coefficient (Wildman–Crippen LogP) is 7.27. The van der Waals surface area contributed by atoms with Gasteiger partial charge in [0.15, 0.2) is 14.1 Å². The minimum atomic E-state index is -1.96. The smallest absolute Gasteiger partial charge is 0.407 e. The van der Waals surface area contributed by atoms with Gasteiger partial charge in [-0.3, -0.25) is 0 Å². The number of halogens is 4. The molecular weight excluding hydrogens is 592 g/mol. The minimum Gasteiger partial charge on any atom is -0.465 e. The van der Waals surface area contributed by atoms with Crippen molar-refractivity contribution in [2.75, 3.05) is 18.5 Å². The molecule has 3 N–H and O–H groups in total. The molecule has 2 aromatic rings. The molecule has 0 spiro atoms. The highest BCUT2D eigenvalue weighted by Gasteiger charge is 2.38. The number of aliphatic hydroxyl groups is 1. The molecule has 1 aromatic carbocycles. The van der Waals surface area contributed by atoms with Gasteiger partial charge in [-0.05, 0) is 59.4 Å². The Morgan fingerprint density at radius 2 is 2.06 bits per heavy atom. The van der Waals surface area contributed by atoms with Gasteiger partial charge in [0.1, 0.15) is 10.7 Å². The van der Waals surface area contributed by atoms with E-state index in [9.17, 15) is 19.4 Å². The zero-order chi connectivity index (χ0) is 27.0. The molecule has 2 atom stereocenters. The van der Waals surface area contributed by atoms with E-state index in [-0.39, 0.29) is 37.3 Å². The number of amides is 1. The SMILES string of the molecule is CC(C)(C)[Si](C)(C)OCC[C@@H]1C[C@@H](Nc2c(CO)c(Cl)nc3c(F)c(Br)c(Cl)cc23)CCN1C(=O)O. The number of aromatic nitrogens is 1. The quantitative estimate of drug-likeness (QED) is 0.170. The van der Waals surface area contributed by atoms with Gasteiger partial charge in [0.25, 0.3) is 0 Å². The molecule has 0 radical (unpaired) electrons. The molecule has 1 aliphatic heterocycles. The Morgan fingerprint density at radius 1 is 1.39 bits per heavy atom. The first kappa shape index (κ1) is 29.4. The first-order valence-corrected chi connectivity index (χ1v) is 16.3. The average Bonchev–Trinajstić information content (AvgIpc) is 2.78. The van der Waals surface area contributed by atoms with Crippen molar-refractivity contribution in [1.82, 2.24) is 9.88 Å². The fourth-order valence-corrected chi connectivity index (χ4v) is 6.00. The lowest BCUT2D eigenvalue weighted by atomic mass is 9.94. The van der Waals surface area contributed by atoms with Crippen LogP contribution in [0.4, 0.5) is 14.9 Å². The van der Waals surface area contributed by atoms with Crippen molar-refractivity contribution in [2.24, 2.45) is 0 Å². The van der Waals surface area contributed by atoms with Crippen LogP contribution in [0.25, 0.3) is 10.9 Å². The average molecular weight is 625 g/mol. The molecule has 0 aliphatic carbocycles. The molecule has 0 saturated carbocycles. The van der Waals surface area contributed by atoms with Crippen molar-refractivity contribution in [3.05, 3.63) is 32.1 Å². The summed E-state index contributed by atoms with van der Waals surface area (Å²) >= 11 is 15.7. The van der Waals surface area contributed by atoms with E-state index in [0.717, 1.165) is 0 Å². The first-order valence-electron chi connectivity index (χ1n) is 11.8. The molecule has 0 unspecified atom stereocenters. The van der Waals surface area contributed by atoms with Crippen LogP contribution >= 0.6 is 39.1 Å². The number of rotatable bonds is 7. The molecule has 2 heterocycles. The summed E-state index contributed by atoms with van der Waals surface area (Å²) in [7, 11) is -1.96. The Balaban J connectivity index is 1.87. The molecule has 200 valence electrons. The van der Waals surface area contributed by atoms with Crippen LogP contribution in [0.2, 0.25) is 28.3 Å². The highest BCUT2D eigenvalue weighted by Crippen LogP contribution is 2.40. The van der Waals surface area contributed by atoms with Gasteiger partial charge in [0.05, 0.1) is 21.8 Å². The lowest BCUT2D eigenvalue weighted by Crippen LogP contribution is -2.50. The molecule has 1 fully saturated rings. The third kappa shape index (κ3) is 6.10. The van der Waals surface area contributed by atoms with Gasteiger partial charge in [-0.1, -0.05) is 44.0 Å². The highest BCUT2D eigenvalue weighted by atomic mass is 79.9. The van der Waals surface area contributed by atoms with Crippen LogP contribution in [-0.2, 0) is 11.0 Å². The molecular formula is C24H33BrCl2FN3O4Si. The summed E-state index contributed by atoms with van der Waals surface area (Å²) in [5, 5.41) is 23.8. The molecule has 3 rings (SSSR count). The van der Waals surface area contributed by atoms with Crippen LogP contribution in [0.15, 0.2) is 10.5 Å². The third-order valence-electron chi connectivity index (χ3n) is 7.35. The fourth-order valence-electron chi connectivity index (χ4n) is 4.20. The molecule has 1 amide bonds. The second-order valence-electron chi connectivity index (χ2n) is 10.7. The number of nitrogens with one attached hydrogen (secondary N) is 1. The number of piperidine rings is 1. The van der Waals surface area contributed by atoms with E-state index in [1.54, 1.807) is 6.07 Å². The van der Waals surface area contributed by atoms with Gasteiger partial charge in [-0.15, -0.1) is 0 Å². The lowest BCUT2D eigenvalue weighted by molar-refractivity contribution is 0.0924. The van der Waals surface area contributed by atoms with Crippen molar-refractivity contribution in [3.8, 4) is 0 Å². The number of anilines is 1. The number of nitrogens with zero attached hydrogens (tertiary/aromatic N) is 2. The molecule has 36 heavy (non-hydrogen) atoms. The number of pyridine rings is 1. The van der Waals surface area contributed by atoms with Crippen LogP contribution in [0.3, 0.4) is 0 Å². The summed E-state index contributed by atoms with van der Waals surface area (Å²) in [4.78, 5) is 17.5. The Hall–Kier alpha value is -1.17. The maximum absolute atomic E-state index is 14.9. The third-order valence-corrected chi connectivity index (χ3v) is 13.5. The maximum Gasteiger partial charge on any atom is 0.407 e. The summed E-state index contributed by atoms with van der Waals surface area (Å²) in [5.74, 6) is -0.645.